The minimum Gasteiger partial charge on any atom is -0.387 e. The Balaban J connectivity index is 2.06. The summed E-state index contributed by atoms with van der Waals surface area (Å²) in [4.78, 5) is 12.1. The van der Waals surface area contributed by atoms with Crippen LogP contribution >= 0.6 is 0 Å². The molecule has 0 fully saturated rings. The first-order valence-corrected chi connectivity index (χ1v) is 5.74. The Morgan fingerprint density at radius 1 is 1.33 bits per heavy atom. The van der Waals surface area contributed by atoms with Gasteiger partial charge in [-0.1, -0.05) is 12.1 Å². The van der Waals surface area contributed by atoms with E-state index in [9.17, 15) is 4.79 Å². The molecular weight excluding hydrogens is 228 g/mol. The topological polar surface area (TPSA) is 59.0 Å². The number of benzene rings is 1. The molecule has 0 aliphatic rings. The molecule has 18 heavy (non-hydrogen) atoms. The summed E-state index contributed by atoms with van der Waals surface area (Å²) in [7, 11) is 3.65. The van der Waals surface area contributed by atoms with Crippen LogP contribution in [0.4, 0.5) is 5.69 Å². The quantitative estimate of drug-likeness (QED) is 0.854. The van der Waals surface area contributed by atoms with E-state index in [2.05, 4.69) is 15.7 Å². The van der Waals surface area contributed by atoms with Crippen molar-refractivity contribution >= 4 is 11.6 Å². The van der Waals surface area contributed by atoms with Crippen LogP contribution in [0.5, 0.6) is 0 Å². The molecule has 5 nitrogen and oxygen atoms in total. The molecule has 0 aliphatic heterocycles. The van der Waals surface area contributed by atoms with Crippen molar-refractivity contribution in [2.45, 2.75) is 6.54 Å². The van der Waals surface area contributed by atoms with Crippen molar-refractivity contribution in [3.05, 3.63) is 47.8 Å². The van der Waals surface area contributed by atoms with Crippen molar-refractivity contribution in [1.82, 2.24) is 15.1 Å². The molecule has 0 saturated carbocycles. The van der Waals surface area contributed by atoms with Gasteiger partial charge in [-0.15, -0.1) is 0 Å². The summed E-state index contributed by atoms with van der Waals surface area (Å²) >= 11 is 0. The first-order valence-electron chi connectivity index (χ1n) is 5.74. The van der Waals surface area contributed by atoms with Gasteiger partial charge in [0.2, 0.25) is 0 Å². The van der Waals surface area contributed by atoms with E-state index in [1.165, 1.54) is 0 Å². The van der Waals surface area contributed by atoms with Crippen LogP contribution < -0.4 is 10.6 Å². The molecule has 1 aromatic carbocycles. The first kappa shape index (κ1) is 12.2. The number of hydrogen-bond acceptors (Lipinski definition) is 3. The summed E-state index contributed by atoms with van der Waals surface area (Å²) in [5, 5.41) is 9.93. The SMILES string of the molecule is CNc1ccccc1C(=O)NCc1ccnn1C. The highest BCUT2D eigenvalue weighted by molar-refractivity contribution is 5.99. The molecule has 0 spiro atoms. The van der Waals surface area contributed by atoms with Gasteiger partial charge in [0.15, 0.2) is 0 Å². The van der Waals surface area contributed by atoms with Gasteiger partial charge in [-0.3, -0.25) is 9.48 Å². The average Bonchev–Trinajstić information content (AvgIpc) is 2.81. The summed E-state index contributed by atoms with van der Waals surface area (Å²) in [5.74, 6) is -0.0962. The van der Waals surface area contributed by atoms with E-state index in [0.717, 1.165) is 11.4 Å². The fourth-order valence-electron chi connectivity index (χ4n) is 1.74. The van der Waals surface area contributed by atoms with Gasteiger partial charge in [-0.25, -0.2) is 0 Å². The van der Waals surface area contributed by atoms with Crippen LogP contribution in [0, 0.1) is 0 Å². The summed E-state index contributed by atoms with van der Waals surface area (Å²) in [6.45, 7) is 0.466. The Morgan fingerprint density at radius 2 is 2.11 bits per heavy atom. The monoisotopic (exact) mass is 244 g/mol. The highest BCUT2D eigenvalue weighted by Gasteiger charge is 2.10. The van der Waals surface area contributed by atoms with Gasteiger partial charge in [0.1, 0.15) is 0 Å². The Morgan fingerprint density at radius 3 is 2.78 bits per heavy atom. The van der Waals surface area contributed by atoms with Crippen LogP contribution in [0.25, 0.3) is 0 Å². The summed E-state index contributed by atoms with van der Waals surface area (Å²) < 4.78 is 1.74. The Labute approximate surface area is 106 Å². The molecular formula is C13H16N4O. The third-order valence-corrected chi connectivity index (χ3v) is 2.79. The number of aromatic nitrogens is 2. The summed E-state index contributed by atoms with van der Waals surface area (Å²) in [6.07, 6.45) is 1.71. The number of carbonyl (C=O) groups is 1. The van der Waals surface area contributed by atoms with Crippen molar-refractivity contribution in [1.29, 1.82) is 0 Å². The molecule has 0 unspecified atom stereocenters. The fourth-order valence-corrected chi connectivity index (χ4v) is 1.74. The lowest BCUT2D eigenvalue weighted by Crippen LogP contribution is -2.24. The molecule has 0 radical (unpaired) electrons. The lowest BCUT2D eigenvalue weighted by atomic mass is 10.1. The standard InChI is InChI=1S/C13H16N4O/c1-14-12-6-4-3-5-11(12)13(18)15-9-10-7-8-16-17(10)2/h3-8,14H,9H2,1-2H3,(H,15,18). The van der Waals surface area contributed by atoms with E-state index in [0.29, 0.717) is 12.1 Å². The molecule has 0 saturated heterocycles. The molecule has 5 heteroatoms. The van der Waals surface area contributed by atoms with Crippen LogP contribution in [-0.2, 0) is 13.6 Å². The Kier molecular flexibility index (Phi) is 3.62. The molecule has 1 aromatic heterocycles. The van der Waals surface area contributed by atoms with Gasteiger partial charge in [0, 0.05) is 26.0 Å². The zero-order valence-corrected chi connectivity index (χ0v) is 10.5. The number of amides is 1. The van der Waals surface area contributed by atoms with Crippen molar-refractivity contribution in [3.63, 3.8) is 0 Å². The lowest BCUT2D eigenvalue weighted by molar-refractivity contribution is 0.0951. The van der Waals surface area contributed by atoms with Crippen LogP contribution in [0.15, 0.2) is 36.5 Å². The maximum absolute atomic E-state index is 12.1. The number of nitrogens with one attached hydrogen (secondary N) is 2. The van der Waals surface area contributed by atoms with Gasteiger partial charge in [-0.05, 0) is 18.2 Å². The summed E-state index contributed by atoms with van der Waals surface area (Å²) in [5.41, 5.74) is 2.42. The minimum atomic E-state index is -0.0962. The normalized spacial score (nSPS) is 10.1. The number of aryl methyl sites for hydroxylation is 1. The number of anilines is 1. The van der Waals surface area contributed by atoms with Crippen molar-refractivity contribution in [3.8, 4) is 0 Å². The second-order valence-corrected chi connectivity index (χ2v) is 3.92. The van der Waals surface area contributed by atoms with Crippen LogP contribution in [0.1, 0.15) is 16.1 Å². The number of para-hydroxylation sites is 1. The average molecular weight is 244 g/mol. The number of nitrogens with zero attached hydrogens (tertiary/aromatic N) is 2. The maximum Gasteiger partial charge on any atom is 0.253 e. The highest BCUT2D eigenvalue weighted by Crippen LogP contribution is 2.13. The zero-order chi connectivity index (χ0) is 13.0. The van der Waals surface area contributed by atoms with Gasteiger partial charge in [0.25, 0.3) is 5.91 Å². The van der Waals surface area contributed by atoms with Crippen molar-refractivity contribution in [2.75, 3.05) is 12.4 Å². The Hall–Kier alpha value is -2.30. The smallest absolute Gasteiger partial charge is 0.253 e. The van der Waals surface area contributed by atoms with Gasteiger partial charge < -0.3 is 10.6 Å². The van der Waals surface area contributed by atoms with Crippen LogP contribution in [0.2, 0.25) is 0 Å². The van der Waals surface area contributed by atoms with Gasteiger partial charge in [0.05, 0.1) is 17.8 Å². The van der Waals surface area contributed by atoms with Crippen molar-refractivity contribution < 1.29 is 4.79 Å². The highest BCUT2D eigenvalue weighted by atomic mass is 16.1. The molecule has 2 N–H and O–H groups in total. The van der Waals surface area contributed by atoms with Crippen LogP contribution in [0.3, 0.4) is 0 Å². The summed E-state index contributed by atoms with van der Waals surface area (Å²) in [6, 6.07) is 9.29. The van der Waals surface area contributed by atoms with E-state index >= 15 is 0 Å². The predicted octanol–water partition coefficient (Wildman–Crippen LogP) is 1.39. The lowest BCUT2D eigenvalue weighted by Gasteiger charge is -2.09. The second-order valence-electron chi connectivity index (χ2n) is 3.92. The van der Waals surface area contributed by atoms with E-state index in [4.69, 9.17) is 0 Å². The van der Waals surface area contributed by atoms with E-state index in [1.807, 2.05) is 31.3 Å². The van der Waals surface area contributed by atoms with Gasteiger partial charge >= 0.3 is 0 Å². The molecule has 1 amide bonds. The molecule has 0 aliphatic carbocycles. The van der Waals surface area contributed by atoms with Crippen LogP contribution in [-0.4, -0.2) is 22.7 Å². The number of rotatable bonds is 4. The Bertz CT molecular complexity index is 547. The maximum atomic E-state index is 12.1. The molecule has 94 valence electrons. The largest absolute Gasteiger partial charge is 0.387 e. The third kappa shape index (κ3) is 2.51. The zero-order valence-electron chi connectivity index (χ0n) is 10.5. The van der Waals surface area contributed by atoms with E-state index < -0.39 is 0 Å². The molecule has 0 bridgehead atoms. The van der Waals surface area contributed by atoms with Crippen molar-refractivity contribution in [2.24, 2.45) is 7.05 Å². The minimum absolute atomic E-state index is 0.0962. The second kappa shape index (κ2) is 5.35. The molecule has 2 rings (SSSR count). The number of hydrogen-bond donors (Lipinski definition) is 2. The van der Waals surface area contributed by atoms with E-state index in [-0.39, 0.29) is 5.91 Å². The van der Waals surface area contributed by atoms with E-state index in [1.54, 1.807) is 24.0 Å². The third-order valence-electron chi connectivity index (χ3n) is 2.79. The van der Waals surface area contributed by atoms with Gasteiger partial charge in [-0.2, -0.15) is 5.10 Å². The molecule has 1 heterocycles. The predicted molar refractivity (Wildman–Crippen MR) is 70.4 cm³/mol. The first-order chi connectivity index (χ1) is 8.72. The number of carbonyl (C=O) groups excluding carboxylic acids is 1. The molecule has 2 aromatic rings. The fraction of sp³-hybridized carbons (Fsp3) is 0.231. The molecule has 0 atom stereocenters.